The van der Waals surface area contributed by atoms with Gasteiger partial charge in [0.25, 0.3) is 0 Å². The molecule has 0 aromatic carbocycles. The second-order valence-corrected chi connectivity index (χ2v) is 23.1. The first-order valence-corrected chi connectivity index (χ1v) is 35.0. The summed E-state index contributed by atoms with van der Waals surface area (Å²) in [6.07, 6.45) is 97.8. The van der Waals surface area contributed by atoms with Crippen molar-refractivity contribution in [2.45, 2.75) is 335 Å². The van der Waals surface area contributed by atoms with Crippen LogP contribution in [0.25, 0.3) is 0 Å². The summed E-state index contributed by atoms with van der Waals surface area (Å²) in [6, 6.07) is 0. The average molecular weight is 1150 g/mol. The van der Waals surface area contributed by atoms with Crippen LogP contribution in [0.1, 0.15) is 329 Å². The van der Waals surface area contributed by atoms with Gasteiger partial charge in [0.2, 0.25) is 0 Å². The Balaban J connectivity index is 4.31. The molecule has 6 nitrogen and oxygen atoms in total. The molecular weight excluding hydrogens is 1020 g/mol. The van der Waals surface area contributed by atoms with Crippen molar-refractivity contribution in [1.29, 1.82) is 0 Å². The highest BCUT2D eigenvalue weighted by atomic mass is 16.6. The van der Waals surface area contributed by atoms with Crippen LogP contribution in [0.3, 0.4) is 0 Å². The van der Waals surface area contributed by atoms with Gasteiger partial charge in [0.1, 0.15) is 13.2 Å². The highest BCUT2D eigenvalue weighted by molar-refractivity contribution is 5.71. The quantitative estimate of drug-likeness (QED) is 0.0261. The molecule has 1 unspecified atom stereocenters. The van der Waals surface area contributed by atoms with Crippen molar-refractivity contribution < 1.29 is 28.6 Å². The average Bonchev–Trinajstić information content (AvgIpc) is 3.49. The normalized spacial score (nSPS) is 12.9. The van der Waals surface area contributed by atoms with Gasteiger partial charge < -0.3 is 14.2 Å². The Morgan fingerprint density at radius 1 is 0.253 bits per heavy atom. The summed E-state index contributed by atoms with van der Waals surface area (Å²) >= 11 is 0. The molecule has 474 valence electrons. The Bertz CT molecular complexity index is 1700. The monoisotopic (exact) mass is 1150 g/mol. The molecule has 0 aliphatic rings. The van der Waals surface area contributed by atoms with Gasteiger partial charge in [0.05, 0.1) is 0 Å². The van der Waals surface area contributed by atoms with Crippen molar-refractivity contribution in [3.63, 3.8) is 0 Å². The number of ether oxygens (including phenoxy) is 3. The number of carbonyl (C=O) groups excluding carboxylic acids is 3. The molecule has 0 rings (SSSR count). The largest absolute Gasteiger partial charge is 0.462 e. The van der Waals surface area contributed by atoms with Crippen molar-refractivity contribution in [2.75, 3.05) is 13.2 Å². The fraction of sp³-hybridized carbons (Fsp3) is 0.701. The lowest BCUT2D eigenvalue weighted by atomic mass is 10.0. The molecule has 0 aromatic rings. The summed E-state index contributed by atoms with van der Waals surface area (Å²) in [4.78, 5) is 38.4. The first kappa shape index (κ1) is 78.8. The van der Waals surface area contributed by atoms with Crippen LogP contribution in [0.4, 0.5) is 0 Å². The van der Waals surface area contributed by atoms with E-state index in [1.54, 1.807) is 0 Å². The third-order valence-electron chi connectivity index (χ3n) is 14.9. The lowest BCUT2D eigenvalue weighted by Gasteiger charge is -2.18. The molecule has 1 atom stereocenters. The minimum atomic E-state index is -0.790. The lowest BCUT2D eigenvalue weighted by molar-refractivity contribution is -0.167. The van der Waals surface area contributed by atoms with Crippen LogP contribution in [0.15, 0.2) is 122 Å². The Kier molecular flexibility index (Phi) is 66.7. The van der Waals surface area contributed by atoms with E-state index in [-0.39, 0.29) is 31.1 Å². The van der Waals surface area contributed by atoms with Gasteiger partial charge >= 0.3 is 17.9 Å². The van der Waals surface area contributed by atoms with E-state index in [0.29, 0.717) is 19.3 Å². The van der Waals surface area contributed by atoms with E-state index in [4.69, 9.17) is 14.2 Å². The smallest absolute Gasteiger partial charge is 0.306 e. The number of allylic oxidation sites excluding steroid dienone is 20. The van der Waals surface area contributed by atoms with Crippen molar-refractivity contribution in [2.24, 2.45) is 0 Å². The van der Waals surface area contributed by atoms with E-state index in [2.05, 4.69) is 142 Å². The Morgan fingerprint density at radius 3 is 0.735 bits per heavy atom. The second-order valence-electron chi connectivity index (χ2n) is 23.1. The zero-order valence-corrected chi connectivity index (χ0v) is 54.4. The van der Waals surface area contributed by atoms with Crippen molar-refractivity contribution in [1.82, 2.24) is 0 Å². The summed E-state index contributed by atoms with van der Waals surface area (Å²) in [5, 5.41) is 0. The third-order valence-corrected chi connectivity index (χ3v) is 14.9. The van der Waals surface area contributed by atoms with E-state index in [9.17, 15) is 14.4 Å². The first-order chi connectivity index (χ1) is 41.0. The van der Waals surface area contributed by atoms with E-state index in [1.165, 1.54) is 167 Å². The van der Waals surface area contributed by atoms with Crippen LogP contribution in [0.5, 0.6) is 0 Å². The molecular formula is C77H130O6. The zero-order valence-electron chi connectivity index (χ0n) is 54.4. The van der Waals surface area contributed by atoms with Crippen LogP contribution < -0.4 is 0 Å². The fourth-order valence-electron chi connectivity index (χ4n) is 9.68. The van der Waals surface area contributed by atoms with E-state index in [1.807, 2.05) is 0 Å². The van der Waals surface area contributed by atoms with Crippen LogP contribution in [-0.4, -0.2) is 37.2 Å². The number of esters is 3. The zero-order chi connectivity index (χ0) is 59.9. The highest BCUT2D eigenvalue weighted by Crippen LogP contribution is 2.16. The molecule has 0 saturated heterocycles. The summed E-state index contributed by atoms with van der Waals surface area (Å²) < 4.78 is 17.0. The van der Waals surface area contributed by atoms with Crippen LogP contribution >= 0.6 is 0 Å². The summed E-state index contributed by atoms with van der Waals surface area (Å²) in [6.45, 7) is 6.49. The molecule has 0 spiro atoms. The number of carbonyl (C=O) groups is 3. The van der Waals surface area contributed by atoms with Gasteiger partial charge in [-0.3, -0.25) is 14.4 Å². The molecule has 0 fully saturated rings. The minimum Gasteiger partial charge on any atom is -0.462 e. The van der Waals surface area contributed by atoms with Gasteiger partial charge in [-0.25, -0.2) is 0 Å². The van der Waals surface area contributed by atoms with Gasteiger partial charge in [-0.15, -0.1) is 0 Å². The maximum atomic E-state index is 12.9. The molecule has 6 heteroatoms. The van der Waals surface area contributed by atoms with Crippen LogP contribution in [0, 0.1) is 0 Å². The second kappa shape index (κ2) is 70.3. The maximum Gasteiger partial charge on any atom is 0.306 e. The van der Waals surface area contributed by atoms with Crippen molar-refractivity contribution in [3.05, 3.63) is 122 Å². The Hall–Kier alpha value is -4.19. The summed E-state index contributed by atoms with van der Waals surface area (Å²) in [5.74, 6) is -0.892. The molecule has 0 saturated carbocycles. The van der Waals surface area contributed by atoms with E-state index < -0.39 is 6.10 Å². The molecule has 0 amide bonds. The molecule has 83 heavy (non-hydrogen) atoms. The van der Waals surface area contributed by atoms with Gasteiger partial charge in [-0.2, -0.15) is 0 Å². The first-order valence-electron chi connectivity index (χ1n) is 35.0. The minimum absolute atomic E-state index is 0.0851. The molecule has 0 radical (unpaired) electrons. The van der Waals surface area contributed by atoms with Gasteiger partial charge in [0.15, 0.2) is 6.10 Å². The summed E-state index contributed by atoms with van der Waals surface area (Å²) in [5.41, 5.74) is 0. The molecule has 0 aromatic heterocycles. The van der Waals surface area contributed by atoms with Crippen LogP contribution in [-0.2, 0) is 28.6 Å². The molecule has 0 aliphatic heterocycles. The number of unbranched alkanes of at least 4 members (excludes halogenated alkanes) is 32. The maximum absolute atomic E-state index is 12.9. The topological polar surface area (TPSA) is 78.9 Å². The van der Waals surface area contributed by atoms with Gasteiger partial charge in [-0.05, 0) is 135 Å². The summed E-state index contributed by atoms with van der Waals surface area (Å²) in [7, 11) is 0. The molecule has 0 N–H and O–H groups in total. The Labute approximate surface area is 513 Å². The SMILES string of the molecule is CC/C=C\C/C=C\C/C=C\C/C=C\C/C=C\C/C=C\CCCCCCCCCCCCCCC(=O)OCC(COC(=O)CCCCCCCCC/C=C\C/C=C\CCCCC)OC(=O)CCCCCCCCC/C=C\C/C=C\CCCCC. The number of hydrogen-bond acceptors (Lipinski definition) is 6. The fourth-order valence-corrected chi connectivity index (χ4v) is 9.68. The lowest BCUT2D eigenvalue weighted by Crippen LogP contribution is -2.30. The van der Waals surface area contributed by atoms with Gasteiger partial charge in [0, 0.05) is 19.3 Å². The third kappa shape index (κ3) is 68.5. The number of hydrogen-bond donors (Lipinski definition) is 0. The van der Waals surface area contributed by atoms with Crippen LogP contribution in [0.2, 0.25) is 0 Å². The Morgan fingerprint density at radius 2 is 0.470 bits per heavy atom. The number of rotatable bonds is 63. The standard InChI is InChI=1S/C77H130O6/c1-4-7-10-13-16-19-22-25-28-31-32-33-34-35-36-37-38-39-40-41-42-43-44-47-49-52-55-58-61-64-67-70-76(79)82-73-74(83-77(80)71-68-65-62-59-56-53-50-46-30-27-24-21-18-15-12-9-6-3)72-81-75(78)69-66-63-60-57-54-51-48-45-29-26-23-20-17-14-11-8-5-2/h7,10,16-21,25-30,32-33,35-36,38-39,74H,4-6,8-9,11-15,22-24,31,34,37,40-73H2,1-3H3/b10-7-,19-16-,20-17-,21-18-,28-25-,29-26-,30-27-,33-32-,36-35-,39-38-. The molecule has 0 bridgehead atoms. The van der Waals surface area contributed by atoms with Gasteiger partial charge in [-0.1, -0.05) is 296 Å². The van der Waals surface area contributed by atoms with E-state index >= 15 is 0 Å². The molecule has 0 heterocycles. The molecule has 0 aliphatic carbocycles. The highest BCUT2D eigenvalue weighted by Gasteiger charge is 2.19. The van der Waals surface area contributed by atoms with Crippen molar-refractivity contribution >= 4 is 17.9 Å². The predicted octanol–water partition coefficient (Wildman–Crippen LogP) is 24.3. The predicted molar refractivity (Wildman–Crippen MR) is 362 cm³/mol. The van der Waals surface area contributed by atoms with Crippen molar-refractivity contribution in [3.8, 4) is 0 Å². The van der Waals surface area contributed by atoms with E-state index in [0.717, 1.165) is 122 Å².